The molecule has 168 valence electrons. The van der Waals surface area contributed by atoms with Crippen molar-refractivity contribution in [3.05, 3.63) is 82.7 Å². The lowest BCUT2D eigenvalue weighted by Crippen LogP contribution is -2.40. The molecular weight excluding hydrogens is 458 g/mol. The number of carbonyl (C=O) groups is 1. The number of nitrogens with one attached hydrogen (secondary N) is 1. The molecule has 3 aromatic rings. The Bertz CT molecular complexity index is 1320. The van der Waals surface area contributed by atoms with Crippen molar-refractivity contribution < 1.29 is 22.7 Å². The van der Waals surface area contributed by atoms with Gasteiger partial charge in [-0.3, -0.25) is 4.79 Å². The van der Waals surface area contributed by atoms with Gasteiger partial charge in [0.25, 0.3) is 10.0 Å². The Morgan fingerprint density at radius 3 is 2.30 bits per heavy atom. The van der Waals surface area contributed by atoms with Crippen LogP contribution in [0.5, 0.6) is 5.75 Å². The average molecular weight is 480 g/mol. The van der Waals surface area contributed by atoms with Gasteiger partial charge in [-0.25, -0.2) is 8.42 Å². The summed E-state index contributed by atoms with van der Waals surface area (Å²) < 4.78 is 38.0. The van der Waals surface area contributed by atoms with E-state index >= 15 is 0 Å². The number of thiophene rings is 1. The van der Waals surface area contributed by atoms with Crippen LogP contribution in [0.3, 0.4) is 0 Å². The summed E-state index contributed by atoms with van der Waals surface area (Å²) in [6.45, 7) is 0. The van der Waals surface area contributed by atoms with Crippen molar-refractivity contribution in [3.63, 3.8) is 0 Å². The van der Waals surface area contributed by atoms with Crippen molar-refractivity contribution in [2.45, 2.75) is 16.7 Å². The highest BCUT2D eigenvalue weighted by atomic mass is 32.2. The zero-order chi connectivity index (χ0) is 23.7. The predicted molar refractivity (Wildman–Crippen MR) is 127 cm³/mol. The lowest BCUT2D eigenvalue weighted by Gasteiger charge is -2.13. The molecule has 0 amide bonds. The van der Waals surface area contributed by atoms with Gasteiger partial charge in [-0.2, -0.15) is 4.72 Å². The largest absolute Gasteiger partial charge is 0.497 e. The maximum absolute atomic E-state index is 12.8. The molecule has 0 aliphatic carbocycles. The molecule has 2 aromatic carbocycles. The number of ether oxygens (including phenoxy) is 2. The lowest BCUT2D eigenvalue weighted by molar-refractivity contribution is -0.142. The number of methoxy groups -OCH3 is 2. The van der Waals surface area contributed by atoms with Gasteiger partial charge in [0.1, 0.15) is 16.0 Å². The number of esters is 1. The standard InChI is InChI=1S/C25H21NO5S2/c1-30-21-14-11-20(12-15-21)13-16-22-17-18-24(32-22)33(28,29)26-23(25(27)31-2)10-6-9-19-7-4-3-5-8-19/h3-5,7-8,11-12,14-15,17-18,23,26H,10H2,1-2H3. The highest BCUT2D eigenvalue weighted by Crippen LogP contribution is 2.21. The molecule has 0 bridgehead atoms. The topological polar surface area (TPSA) is 81.7 Å². The van der Waals surface area contributed by atoms with E-state index in [9.17, 15) is 13.2 Å². The van der Waals surface area contributed by atoms with Gasteiger partial charge >= 0.3 is 5.97 Å². The first-order chi connectivity index (χ1) is 15.9. The molecule has 0 saturated heterocycles. The van der Waals surface area contributed by atoms with Crippen LogP contribution < -0.4 is 9.46 Å². The molecule has 0 aliphatic rings. The smallest absolute Gasteiger partial charge is 0.324 e. The molecule has 0 saturated carbocycles. The molecule has 1 unspecified atom stereocenters. The average Bonchev–Trinajstić information content (AvgIpc) is 3.33. The van der Waals surface area contributed by atoms with Crippen molar-refractivity contribution in [2.75, 3.05) is 14.2 Å². The molecule has 1 heterocycles. The van der Waals surface area contributed by atoms with Gasteiger partial charge in [0, 0.05) is 17.5 Å². The van der Waals surface area contributed by atoms with E-state index in [4.69, 9.17) is 9.47 Å². The second kappa shape index (κ2) is 11.3. The second-order valence-corrected chi connectivity index (χ2v) is 9.69. The van der Waals surface area contributed by atoms with E-state index < -0.39 is 22.0 Å². The maximum Gasteiger partial charge on any atom is 0.324 e. The Morgan fingerprint density at radius 1 is 0.939 bits per heavy atom. The van der Waals surface area contributed by atoms with Crippen LogP contribution in [0.4, 0.5) is 0 Å². The quantitative estimate of drug-likeness (QED) is 0.433. The summed E-state index contributed by atoms with van der Waals surface area (Å²) in [5, 5.41) is 0. The van der Waals surface area contributed by atoms with Crippen LogP contribution in [0.25, 0.3) is 0 Å². The third kappa shape index (κ3) is 6.96. The fourth-order valence-electron chi connectivity index (χ4n) is 2.68. The third-order valence-corrected chi connectivity index (χ3v) is 7.33. The first-order valence-electron chi connectivity index (χ1n) is 9.81. The molecular formula is C25H21NO5S2. The van der Waals surface area contributed by atoms with Crippen LogP contribution in [0, 0.1) is 23.7 Å². The summed E-state index contributed by atoms with van der Waals surface area (Å²) in [5.74, 6) is 11.7. The van der Waals surface area contributed by atoms with Gasteiger partial charge in [0.05, 0.1) is 19.1 Å². The Hall–Kier alpha value is -3.56. The Balaban J connectivity index is 1.72. The van der Waals surface area contributed by atoms with Crippen molar-refractivity contribution in [1.29, 1.82) is 0 Å². The van der Waals surface area contributed by atoms with Crippen molar-refractivity contribution in [1.82, 2.24) is 4.72 Å². The number of sulfonamides is 1. The Labute approximate surface area is 197 Å². The Kier molecular flexibility index (Phi) is 8.28. The number of rotatable bonds is 6. The number of carbonyl (C=O) groups excluding carboxylic acids is 1. The molecule has 1 atom stereocenters. The molecule has 0 aliphatic heterocycles. The van der Waals surface area contributed by atoms with Gasteiger partial charge < -0.3 is 9.47 Å². The summed E-state index contributed by atoms with van der Waals surface area (Å²) in [4.78, 5) is 12.7. The fourth-order valence-corrected chi connectivity index (χ4v) is 5.04. The van der Waals surface area contributed by atoms with E-state index in [-0.39, 0.29) is 10.6 Å². The van der Waals surface area contributed by atoms with Crippen molar-refractivity contribution in [2.24, 2.45) is 0 Å². The first kappa shape index (κ1) is 24.1. The van der Waals surface area contributed by atoms with E-state index in [1.807, 2.05) is 42.5 Å². The van der Waals surface area contributed by atoms with E-state index in [1.54, 1.807) is 25.3 Å². The molecule has 3 rings (SSSR count). The normalized spacial score (nSPS) is 11.3. The first-order valence-corrected chi connectivity index (χ1v) is 12.1. The van der Waals surface area contributed by atoms with E-state index in [0.717, 1.165) is 28.2 Å². The summed E-state index contributed by atoms with van der Waals surface area (Å²) in [5.41, 5.74) is 1.54. The lowest BCUT2D eigenvalue weighted by atomic mass is 10.2. The predicted octanol–water partition coefficient (Wildman–Crippen LogP) is 3.42. The maximum atomic E-state index is 12.8. The van der Waals surface area contributed by atoms with E-state index in [2.05, 4.69) is 28.4 Å². The fraction of sp³-hybridized carbons (Fsp3) is 0.160. The van der Waals surface area contributed by atoms with Gasteiger partial charge in [-0.05, 0) is 48.5 Å². The summed E-state index contributed by atoms with van der Waals surface area (Å²) in [7, 11) is -1.18. The minimum Gasteiger partial charge on any atom is -0.497 e. The monoisotopic (exact) mass is 479 g/mol. The van der Waals surface area contributed by atoms with Crippen LogP contribution in [-0.2, 0) is 19.6 Å². The summed E-state index contributed by atoms with van der Waals surface area (Å²) >= 11 is 1.01. The van der Waals surface area contributed by atoms with Gasteiger partial charge in [0.15, 0.2) is 0 Å². The SMILES string of the molecule is COC(=O)C(CC#Cc1ccccc1)NS(=O)(=O)c1ccc(C#Cc2ccc(OC)cc2)s1. The number of benzene rings is 2. The van der Waals surface area contributed by atoms with Crippen LogP contribution in [0.2, 0.25) is 0 Å². The third-order valence-electron chi connectivity index (χ3n) is 4.36. The van der Waals surface area contributed by atoms with E-state index in [0.29, 0.717) is 4.88 Å². The minimum atomic E-state index is -3.97. The molecule has 6 nitrogen and oxygen atoms in total. The van der Waals surface area contributed by atoms with Gasteiger partial charge in [-0.15, -0.1) is 11.3 Å². The zero-order valence-electron chi connectivity index (χ0n) is 18.0. The second-order valence-electron chi connectivity index (χ2n) is 6.67. The molecule has 1 aromatic heterocycles. The van der Waals surface area contributed by atoms with Crippen LogP contribution in [-0.4, -0.2) is 34.6 Å². The van der Waals surface area contributed by atoms with Gasteiger partial charge in [0.2, 0.25) is 0 Å². The summed E-state index contributed by atoms with van der Waals surface area (Å²) in [6.07, 6.45) is -0.0314. The molecule has 1 N–H and O–H groups in total. The number of hydrogen-bond donors (Lipinski definition) is 1. The van der Waals surface area contributed by atoms with Crippen LogP contribution in [0.1, 0.15) is 22.4 Å². The molecule has 0 fully saturated rings. The Morgan fingerprint density at radius 2 is 1.64 bits per heavy atom. The highest BCUT2D eigenvalue weighted by Gasteiger charge is 2.26. The van der Waals surface area contributed by atoms with Crippen LogP contribution in [0.15, 0.2) is 70.9 Å². The molecule has 33 heavy (non-hydrogen) atoms. The van der Waals surface area contributed by atoms with Crippen LogP contribution >= 0.6 is 11.3 Å². The minimum absolute atomic E-state index is 0.0314. The van der Waals surface area contributed by atoms with E-state index in [1.165, 1.54) is 13.2 Å². The van der Waals surface area contributed by atoms with Gasteiger partial charge in [-0.1, -0.05) is 41.9 Å². The molecule has 0 radical (unpaired) electrons. The molecule has 0 spiro atoms. The van der Waals surface area contributed by atoms with Crippen molar-refractivity contribution >= 4 is 27.3 Å². The number of hydrogen-bond acceptors (Lipinski definition) is 6. The highest BCUT2D eigenvalue weighted by molar-refractivity contribution is 7.91. The van der Waals surface area contributed by atoms with Crippen molar-refractivity contribution in [3.8, 4) is 29.4 Å². The summed E-state index contributed by atoms with van der Waals surface area (Å²) in [6, 6.07) is 18.4. The zero-order valence-corrected chi connectivity index (χ0v) is 19.6. The molecule has 8 heteroatoms.